The maximum Gasteiger partial charge on any atom is 0.229 e. The van der Waals surface area contributed by atoms with Crippen LogP contribution in [-0.4, -0.2) is 25.9 Å². The number of hydrogen-bond donors (Lipinski definition) is 0. The molecule has 6 nitrogen and oxygen atoms in total. The minimum Gasteiger partial charge on any atom is -0.668 e. The molecule has 69 valence electrons. The van der Waals surface area contributed by atoms with Gasteiger partial charge in [0, 0.05) is 45.7 Å². The SMILES string of the molecule is CC([NH-])=O.COCOC([NH-])=O.[Y]. The zero-order chi connectivity index (χ0) is 9.28. The molecule has 1 radical (unpaired) electrons. The van der Waals surface area contributed by atoms with E-state index in [4.69, 9.17) is 16.3 Å². The van der Waals surface area contributed by atoms with Gasteiger partial charge in [0.05, 0.1) is 0 Å². The predicted octanol–water partition coefficient (Wildman–Crippen LogP) is 1.36. The van der Waals surface area contributed by atoms with E-state index in [1.807, 2.05) is 0 Å². The van der Waals surface area contributed by atoms with E-state index in [0.29, 0.717) is 0 Å². The van der Waals surface area contributed by atoms with Crippen LogP contribution in [0.2, 0.25) is 0 Å². The number of ether oxygens (including phenoxy) is 2. The van der Waals surface area contributed by atoms with E-state index < -0.39 is 12.0 Å². The number of carbonyl (C=O) groups is 2. The first-order valence-electron chi connectivity index (χ1n) is 2.60. The van der Waals surface area contributed by atoms with Crippen molar-refractivity contribution in [2.75, 3.05) is 13.9 Å². The summed E-state index contributed by atoms with van der Waals surface area (Å²) in [5, 5.41) is 0. The third kappa shape index (κ3) is 52.5. The van der Waals surface area contributed by atoms with E-state index in [9.17, 15) is 4.79 Å². The van der Waals surface area contributed by atoms with E-state index >= 15 is 0 Å². The second-order valence-corrected chi connectivity index (χ2v) is 1.39. The fraction of sp³-hybridized carbons (Fsp3) is 0.600. The van der Waals surface area contributed by atoms with Crippen LogP contribution in [0.25, 0.3) is 11.5 Å². The van der Waals surface area contributed by atoms with Gasteiger partial charge in [0.15, 0.2) is 6.79 Å². The standard InChI is InChI=1S/C3H7NO3.C2H5NO.Y/c1-6-2-7-3(4)5;1-2(3)4;/h2H2,1H3,(H2,4,5);1H3,(H2,3,4);/p-2. The van der Waals surface area contributed by atoms with Gasteiger partial charge in [-0.3, -0.25) is 4.79 Å². The largest absolute Gasteiger partial charge is 0.668 e. The van der Waals surface area contributed by atoms with Gasteiger partial charge in [0.1, 0.15) is 0 Å². The Morgan fingerprint density at radius 2 is 1.67 bits per heavy atom. The molecule has 0 saturated carbocycles. The molecule has 12 heavy (non-hydrogen) atoms. The smallest absolute Gasteiger partial charge is 0.229 e. The third-order valence-corrected chi connectivity index (χ3v) is 0.308. The van der Waals surface area contributed by atoms with Crippen LogP contribution < -0.4 is 0 Å². The Hall–Kier alpha value is -0.196. The molecule has 0 aromatic carbocycles. The van der Waals surface area contributed by atoms with Crippen LogP contribution >= 0.6 is 0 Å². The van der Waals surface area contributed by atoms with Crippen LogP contribution in [0.1, 0.15) is 6.92 Å². The Balaban J connectivity index is -0.000000142. The first-order chi connectivity index (χ1) is 5.00. The van der Waals surface area contributed by atoms with Crippen molar-refractivity contribution >= 4 is 12.0 Å². The summed E-state index contributed by atoms with van der Waals surface area (Å²) in [7, 11) is 1.38. The molecular weight excluding hydrogens is 241 g/mol. The van der Waals surface area contributed by atoms with E-state index in [2.05, 4.69) is 9.47 Å². The van der Waals surface area contributed by atoms with Gasteiger partial charge in [0.2, 0.25) is 6.09 Å². The number of carbonyl (C=O) groups excluding carboxylic acids is 2. The van der Waals surface area contributed by atoms with E-state index in [0.717, 1.165) is 0 Å². The fourth-order valence-corrected chi connectivity index (χ4v) is 0.112. The first kappa shape index (κ1) is 17.8. The molecule has 0 saturated heterocycles. The Morgan fingerprint density at radius 3 is 1.75 bits per heavy atom. The van der Waals surface area contributed by atoms with E-state index in [-0.39, 0.29) is 39.5 Å². The number of amides is 2. The number of methoxy groups -OCH3 is 1. The predicted molar refractivity (Wildman–Crippen MR) is 37.7 cm³/mol. The summed E-state index contributed by atoms with van der Waals surface area (Å²) in [5.41, 5.74) is 12.1. The summed E-state index contributed by atoms with van der Waals surface area (Å²) in [6.07, 6.45) is -1.07. The molecule has 0 aliphatic heterocycles. The maximum absolute atomic E-state index is 9.57. The van der Waals surface area contributed by atoms with Gasteiger partial charge in [-0.05, 0) is 6.92 Å². The molecule has 0 rings (SSSR count). The van der Waals surface area contributed by atoms with E-state index in [1.54, 1.807) is 0 Å². The van der Waals surface area contributed by atoms with Gasteiger partial charge in [-0.1, -0.05) is 0 Å². The molecule has 0 bridgehead atoms. The molecule has 2 amide bonds. The summed E-state index contributed by atoms with van der Waals surface area (Å²) >= 11 is 0. The second kappa shape index (κ2) is 13.4. The number of rotatable bonds is 2. The number of nitrogens with one attached hydrogen (secondary N) is 2. The molecule has 7 heteroatoms. The minimum absolute atomic E-state index is 0. The second-order valence-electron chi connectivity index (χ2n) is 1.39. The average molecular weight is 251 g/mol. The Morgan fingerprint density at radius 1 is 1.33 bits per heavy atom. The maximum atomic E-state index is 9.57. The van der Waals surface area contributed by atoms with Gasteiger partial charge < -0.3 is 25.7 Å². The van der Waals surface area contributed by atoms with Crippen molar-refractivity contribution in [3.05, 3.63) is 11.5 Å². The summed E-state index contributed by atoms with van der Waals surface area (Å²) in [5.74, 6) is -0.583. The van der Waals surface area contributed by atoms with Gasteiger partial charge in [-0.2, -0.15) is 0 Å². The summed E-state index contributed by atoms with van der Waals surface area (Å²) < 4.78 is 8.29. The molecule has 0 spiro atoms. The van der Waals surface area contributed by atoms with Crippen molar-refractivity contribution in [2.24, 2.45) is 0 Å². The van der Waals surface area contributed by atoms with Crippen molar-refractivity contribution in [1.82, 2.24) is 0 Å². The van der Waals surface area contributed by atoms with Crippen LogP contribution in [0.5, 0.6) is 0 Å². The Kier molecular flexibility index (Phi) is 19.8. The molecule has 0 unspecified atom stereocenters. The third-order valence-electron chi connectivity index (χ3n) is 0.308. The van der Waals surface area contributed by atoms with Gasteiger partial charge >= 0.3 is 0 Å². The summed E-state index contributed by atoms with van der Waals surface area (Å²) in [6, 6.07) is 0. The number of hydrogen-bond acceptors (Lipinski definition) is 4. The molecule has 0 fully saturated rings. The molecule has 0 heterocycles. The normalized spacial score (nSPS) is 6.83. The van der Waals surface area contributed by atoms with Crippen molar-refractivity contribution in [1.29, 1.82) is 0 Å². The van der Waals surface area contributed by atoms with Crippen LogP contribution in [0.3, 0.4) is 0 Å². The van der Waals surface area contributed by atoms with Crippen LogP contribution in [-0.2, 0) is 47.0 Å². The first-order valence-corrected chi connectivity index (χ1v) is 2.60. The molecule has 0 aromatic heterocycles. The molecule has 0 atom stereocenters. The molecular formula is C5H10N2O4Y-2. The van der Waals surface area contributed by atoms with Gasteiger partial charge in [-0.15, -0.1) is 0 Å². The minimum atomic E-state index is -1.07. The summed E-state index contributed by atoms with van der Waals surface area (Å²) in [6.45, 7) is 1.06. The molecule has 0 aromatic rings. The molecule has 0 aliphatic carbocycles. The van der Waals surface area contributed by atoms with Crippen molar-refractivity contribution in [2.45, 2.75) is 6.92 Å². The zero-order valence-electron chi connectivity index (χ0n) is 6.92. The van der Waals surface area contributed by atoms with Crippen LogP contribution in [0.4, 0.5) is 4.79 Å². The Bertz CT molecular complexity index is 127. The fourth-order valence-electron chi connectivity index (χ4n) is 0.112. The quantitative estimate of drug-likeness (QED) is 0.691. The monoisotopic (exact) mass is 251 g/mol. The van der Waals surface area contributed by atoms with Crippen molar-refractivity contribution < 1.29 is 51.8 Å². The molecule has 2 N–H and O–H groups in total. The average Bonchev–Trinajstić information content (AvgIpc) is 1.82. The molecule has 0 aliphatic rings. The van der Waals surface area contributed by atoms with Crippen LogP contribution in [0, 0.1) is 0 Å². The van der Waals surface area contributed by atoms with Crippen LogP contribution in [0.15, 0.2) is 0 Å². The topological polar surface area (TPSA) is 100 Å². The van der Waals surface area contributed by atoms with Gasteiger partial charge in [0.25, 0.3) is 0 Å². The van der Waals surface area contributed by atoms with Gasteiger partial charge in [-0.25, -0.2) is 0 Å². The van der Waals surface area contributed by atoms with Crippen molar-refractivity contribution in [3.63, 3.8) is 0 Å². The van der Waals surface area contributed by atoms with Crippen molar-refractivity contribution in [3.8, 4) is 0 Å². The Labute approximate surface area is 95.8 Å². The van der Waals surface area contributed by atoms with E-state index in [1.165, 1.54) is 14.0 Å². The zero-order valence-corrected chi connectivity index (χ0v) is 9.76. The summed E-state index contributed by atoms with van der Waals surface area (Å²) in [4.78, 5) is 18.7.